The van der Waals surface area contributed by atoms with Crippen molar-refractivity contribution in [2.75, 3.05) is 0 Å². The number of hydrogen-bond acceptors (Lipinski definition) is 0. The van der Waals surface area contributed by atoms with Crippen molar-refractivity contribution < 1.29 is 0 Å². The van der Waals surface area contributed by atoms with Crippen LogP contribution in [0.1, 0.15) is 97.6 Å². The Hall–Kier alpha value is -1.27. The van der Waals surface area contributed by atoms with Gasteiger partial charge in [-0.1, -0.05) is 55.8 Å². The first kappa shape index (κ1) is 18.7. The minimum atomic E-state index is 0.735. The Morgan fingerprint density at radius 1 is 0.857 bits per heavy atom. The Morgan fingerprint density at radius 3 is 2.21 bits per heavy atom. The molecule has 0 bridgehead atoms. The van der Waals surface area contributed by atoms with Crippen LogP contribution in [0.4, 0.5) is 0 Å². The molecule has 2 aromatic rings. The van der Waals surface area contributed by atoms with Crippen LogP contribution >= 0.6 is 11.6 Å². The third kappa shape index (κ3) is 3.65. The van der Waals surface area contributed by atoms with E-state index in [1.807, 2.05) is 0 Å². The van der Waals surface area contributed by atoms with Gasteiger partial charge >= 0.3 is 0 Å². The molecule has 2 saturated carbocycles. The van der Waals surface area contributed by atoms with Crippen LogP contribution in [-0.2, 0) is 19.3 Å². The van der Waals surface area contributed by atoms with Gasteiger partial charge in [-0.25, -0.2) is 0 Å². The fraction of sp³-hybridized carbons (Fsp3) is 0.556. The summed E-state index contributed by atoms with van der Waals surface area (Å²) < 4.78 is 0. The summed E-state index contributed by atoms with van der Waals surface area (Å²) in [5, 5.41) is 1.07. The normalized spacial score (nSPS) is 27.0. The van der Waals surface area contributed by atoms with Gasteiger partial charge in [0.2, 0.25) is 0 Å². The Morgan fingerprint density at radius 2 is 1.54 bits per heavy atom. The molecule has 3 aliphatic rings. The highest BCUT2D eigenvalue weighted by Gasteiger charge is 2.30. The van der Waals surface area contributed by atoms with Crippen LogP contribution < -0.4 is 0 Å². The van der Waals surface area contributed by atoms with Crippen molar-refractivity contribution in [1.82, 2.24) is 0 Å². The van der Waals surface area contributed by atoms with Crippen molar-refractivity contribution in [3.8, 4) is 0 Å². The Labute approximate surface area is 175 Å². The highest BCUT2D eigenvalue weighted by Crippen LogP contribution is 2.45. The van der Waals surface area contributed by atoms with Gasteiger partial charge in [-0.3, -0.25) is 0 Å². The number of fused-ring (bicyclic) bond motifs is 1. The van der Waals surface area contributed by atoms with E-state index in [4.69, 9.17) is 11.6 Å². The highest BCUT2D eigenvalue weighted by molar-refractivity contribution is 6.32. The van der Waals surface area contributed by atoms with E-state index >= 15 is 0 Å². The largest absolute Gasteiger partial charge is 0.0837 e. The number of halogens is 1. The van der Waals surface area contributed by atoms with Gasteiger partial charge in [0.1, 0.15) is 0 Å². The monoisotopic (exact) mass is 392 g/mol. The molecule has 0 amide bonds. The molecule has 2 unspecified atom stereocenters. The van der Waals surface area contributed by atoms with Crippen LogP contribution in [0, 0.1) is 11.8 Å². The molecule has 0 spiro atoms. The Kier molecular flexibility index (Phi) is 5.04. The predicted octanol–water partition coefficient (Wildman–Crippen LogP) is 7.84. The molecular formula is C27H33Cl. The molecule has 1 heteroatoms. The van der Waals surface area contributed by atoms with Gasteiger partial charge in [-0.15, -0.1) is 0 Å². The summed E-state index contributed by atoms with van der Waals surface area (Å²) in [6, 6.07) is 11.9. The van der Waals surface area contributed by atoms with Gasteiger partial charge in [0.05, 0.1) is 0 Å². The van der Waals surface area contributed by atoms with E-state index in [1.54, 1.807) is 11.1 Å². The molecule has 0 N–H and O–H groups in total. The summed E-state index contributed by atoms with van der Waals surface area (Å²) >= 11 is 6.96. The van der Waals surface area contributed by atoms with Crippen molar-refractivity contribution in [1.29, 1.82) is 0 Å². The standard InChI is InChI=1S/C27H33Cl/c1-17-12-18(2)14-22(13-17)26-16-23(27(28)25-5-3-4-24(25)26)15-19-6-8-20(9-7-19)21-10-11-21/h6-9,16-18,21-22H,3-5,10-15H2,1-2H3. The van der Waals surface area contributed by atoms with Crippen molar-refractivity contribution in [2.24, 2.45) is 11.8 Å². The average Bonchev–Trinajstić information content (AvgIpc) is 3.40. The highest BCUT2D eigenvalue weighted by atomic mass is 35.5. The van der Waals surface area contributed by atoms with E-state index in [2.05, 4.69) is 44.2 Å². The molecule has 5 rings (SSSR count). The van der Waals surface area contributed by atoms with E-state index < -0.39 is 0 Å². The Balaban J connectivity index is 1.47. The lowest BCUT2D eigenvalue weighted by Gasteiger charge is -2.33. The van der Waals surface area contributed by atoms with Gasteiger partial charge in [-0.2, -0.15) is 0 Å². The van der Waals surface area contributed by atoms with Gasteiger partial charge < -0.3 is 0 Å². The summed E-state index contributed by atoms with van der Waals surface area (Å²) in [7, 11) is 0. The third-order valence-electron chi connectivity index (χ3n) is 7.48. The maximum absolute atomic E-state index is 6.96. The van der Waals surface area contributed by atoms with Crippen molar-refractivity contribution in [3.05, 3.63) is 68.7 Å². The zero-order chi connectivity index (χ0) is 19.3. The van der Waals surface area contributed by atoms with Gasteiger partial charge in [0.15, 0.2) is 0 Å². The van der Waals surface area contributed by atoms with Gasteiger partial charge in [0, 0.05) is 5.02 Å². The minimum absolute atomic E-state index is 0.735. The second kappa shape index (κ2) is 7.52. The molecule has 148 valence electrons. The fourth-order valence-electron chi connectivity index (χ4n) is 6.07. The summed E-state index contributed by atoms with van der Waals surface area (Å²) in [4.78, 5) is 0. The van der Waals surface area contributed by atoms with Crippen LogP contribution in [0.5, 0.6) is 0 Å². The topological polar surface area (TPSA) is 0 Å². The molecule has 2 fully saturated rings. The SMILES string of the molecule is CC1CC(C)CC(c2cc(Cc3ccc(C4CC4)cc3)c(Cl)c3c2CCC3)C1. The van der Waals surface area contributed by atoms with Crippen LogP contribution in [0.3, 0.4) is 0 Å². The minimum Gasteiger partial charge on any atom is -0.0837 e. The molecule has 0 radical (unpaired) electrons. The smallest absolute Gasteiger partial charge is 0.0476 e. The quantitative estimate of drug-likeness (QED) is 0.497. The molecule has 3 aliphatic carbocycles. The lowest BCUT2D eigenvalue weighted by Crippen LogP contribution is -2.19. The summed E-state index contributed by atoms with van der Waals surface area (Å²) in [5.74, 6) is 3.26. The summed E-state index contributed by atoms with van der Waals surface area (Å²) in [5.41, 5.74) is 9.04. The summed E-state index contributed by atoms with van der Waals surface area (Å²) in [6.07, 6.45) is 11.5. The number of benzene rings is 2. The predicted molar refractivity (Wildman–Crippen MR) is 120 cm³/mol. The molecule has 0 aliphatic heterocycles. The van der Waals surface area contributed by atoms with Crippen LogP contribution in [-0.4, -0.2) is 0 Å². The van der Waals surface area contributed by atoms with Gasteiger partial charge in [-0.05, 0) is 115 Å². The zero-order valence-corrected chi connectivity index (χ0v) is 18.2. The van der Waals surface area contributed by atoms with Crippen molar-refractivity contribution in [3.63, 3.8) is 0 Å². The van der Waals surface area contributed by atoms with E-state index in [0.29, 0.717) is 0 Å². The van der Waals surface area contributed by atoms with E-state index in [-0.39, 0.29) is 0 Å². The molecule has 2 atom stereocenters. The molecule has 0 saturated heterocycles. The number of rotatable bonds is 4. The van der Waals surface area contributed by atoms with Crippen LogP contribution in [0.2, 0.25) is 5.02 Å². The van der Waals surface area contributed by atoms with Gasteiger partial charge in [0.25, 0.3) is 0 Å². The lowest BCUT2D eigenvalue weighted by molar-refractivity contribution is 0.267. The first-order valence-corrected chi connectivity index (χ1v) is 11.9. The lowest BCUT2D eigenvalue weighted by atomic mass is 9.72. The second-order valence-electron chi connectivity index (χ2n) is 10.1. The first-order chi connectivity index (χ1) is 13.6. The molecule has 28 heavy (non-hydrogen) atoms. The van der Waals surface area contributed by atoms with E-state index in [1.165, 1.54) is 73.6 Å². The molecule has 0 nitrogen and oxygen atoms in total. The molecule has 0 aromatic heterocycles. The zero-order valence-electron chi connectivity index (χ0n) is 17.4. The molecule has 2 aromatic carbocycles. The third-order valence-corrected chi connectivity index (χ3v) is 7.96. The van der Waals surface area contributed by atoms with Crippen molar-refractivity contribution >= 4 is 11.6 Å². The maximum Gasteiger partial charge on any atom is 0.0476 e. The number of hydrogen-bond donors (Lipinski definition) is 0. The van der Waals surface area contributed by atoms with Crippen molar-refractivity contribution in [2.45, 2.75) is 83.5 Å². The average molecular weight is 393 g/mol. The Bertz CT molecular complexity index is 849. The molecule has 0 heterocycles. The molecular weight excluding hydrogens is 360 g/mol. The van der Waals surface area contributed by atoms with Crippen LogP contribution in [0.25, 0.3) is 0 Å². The maximum atomic E-state index is 6.96. The second-order valence-corrected chi connectivity index (χ2v) is 10.4. The summed E-state index contributed by atoms with van der Waals surface area (Å²) in [6.45, 7) is 4.89. The fourth-order valence-corrected chi connectivity index (χ4v) is 6.40. The first-order valence-electron chi connectivity index (χ1n) is 11.5. The van der Waals surface area contributed by atoms with Crippen LogP contribution in [0.15, 0.2) is 30.3 Å². The van der Waals surface area contributed by atoms with E-state index in [0.717, 1.165) is 35.1 Å². The van der Waals surface area contributed by atoms with E-state index in [9.17, 15) is 0 Å².